The summed E-state index contributed by atoms with van der Waals surface area (Å²) < 4.78 is 58.3. The van der Waals surface area contributed by atoms with Gasteiger partial charge in [0.05, 0.1) is 23.4 Å². The molecule has 0 spiro atoms. The normalized spacial score (nSPS) is 11.5. The molecule has 4 nitrogen and oxygen atoms in total. The molecule has 1 heterocycles. The van der Waals surface area contributed by atoms with E-state index in [1.807, 2.05) is 0 Å². The minimum Gasteiger partial charge on any atom is -0.462 e. The summed E-state index contributed by atoms with van der Waals surface area (Å²) >= 11 is 3.32. The van der Waals surface area contributed by atoms with Crippen molar-refractivity contribution in [3.05, 3.63) is 64.0 Å². The van der Waals surface area contributed by atoms with Gasteiger partial charge in [0.1, 0.15) is 11.4 Å². The molecular weight excluding hydrogens is 444 g/mol. The molecule has 1 N–H and O–H groups in total. The van der Waals surface area contributed by atoms with Gasteiger partial charge in [-0.1, -0.05) is 15.9 Å². The van der Waals surface area contributed by atoms with Gasteiger partial charge in [0, 0.05) is 21.7 Å². The van der Waals surface area contributed by atoms with E-state index in [0.717, 1.165) is 6.07 Å². The molecular formula is C19H13BrF4N2O2. The van der Waals surface area contributed by atoms with Crippen LogP contribution < -0.4 is 5.32 Å². The average molecular weight is 457 g/mol. The number of esters is 1. The first kappa shape index (κ1) is 20.1. The van der Waals surface area contributed by atoms with E-state index in [9.17, 15) is 22.4 Å². The van der Waals surface area contributed by atoms with Crippen molar-refractivity contribution >= 4 is 44.2 Å². The van der Waals surface area contributed by atoms with Gasteiger partial charge in [0.15, 0.2) is 0 Å². The van der Waals surface area contributed by atoms with Crippen LogP contribution in [0.1, 0.15) is 22.8 Å². The highest BCUT2D eigenvalue weighted by molar-refractivity contribution is 9.10. The Labute approximate surface area is 165 Å². The third-order valence-electron chi connectivity index (χ3n) is 3.87. The summed E-state index contributed by atoms with van der Waals surface area (Å²) in [5.41, 5.74) is -0.673. The minimum absolute atomic E-state index is 0.0354. The predicted molar refractivity (Wildman–Crippen MR) is 100 cm³/mol. The van der Waals surface area contributed by atoms with Gasteiger partial charge in [-0.15, -0.1) is 0 Å². The van der Waals surface area contributed by atoms with E-state index < -0.39 is 23.5 Å². The Morgan fingerprint density at radius 3 is 2.64 bits per heavy atom. The first-order chi connectivity index (χ1) is 13.2. The van der Waals surface area contributed by atoms with Crippen LogP contribution in [-0.2, 0) is 10.9 Å². The van der Waals surface area contributed by atoms with Gasteiger partial charge >= 0.3 is 12.1 Å². The fourth-order valence-corrected chi connectivity index (χ4v) is 2.99. The van der Waals surface area contributed by atoms with Crippen molar-refractivity contribution in [3.8, 4) is 0 Å². The lowest BCUT2D eigenvalue weighted by Crippen LogP contribution is -2.11. The summed E-state index contributed by atoms with van der Waals surface area (Å²) in [6.45, 7) is 1.75. The predicted octanol–water partition coefficient (Wildman–Crippen LogP) is 6.08. The number of hydrogen-bond acceptors (Lipinski definition) is 4. The monoisotopic (exact) mass is 456 g/mol. The van der Waals surface area contributed by atoms with Crippen LogP contribution in [0, 0.1) is 5.82 Å². The number of pyridine rings is 1. The largest absolute Gasteiger partial charge is 0.462 e. The molecule has 0 saturated heterocycles. The third-order valence-corrected chi connectivity index (χ3v) is 4.36. The van der Waals surface area contributed by atoms with E-state index >= 15 is 0 Å². The maximum absolute atomic E-state index is 13.6. The molecule has 0 amide bonds. The standard InChI is InChI=1S/C19H13BrF4N2O2/c1-2-28-18(27)13-9-25-16-6-3-10(20)7-12(16)17(13)26-11-4-5-15(21)14(8-11)19(22,23)24/h3-9H,2H2,1H3,(H,25,26). The number of hydrogen-bond donors (Lipinski definition) is 1. The van der Waals surface area contributed by atoms with Crippen molar-refractivity contribution in [2.45, 2.75) is 13.1 Å². The lowest BCUT2D eigenvalue weighted by atomic mass is 10.1. The Bertz CT molecular complexity index is 1050. The molecule has 3 aromatic rings. The molecule has 3 rings (SSSR count). The molecule has 0 bridgehead atoms. The van der Waals surface area contributed by atoms with Crippen LogP contribution >= 0.6 is 15.9 Å². The third kappa shape index (κ3) is 4.09. The molecule has 0 radical (unpaired) electrons. The quantitative estimate of drug-likeness (QED) is 0.382. The highest BCUT2D eigenvalue weighted by Gasteiger charge is 2.34. The Hall–Kier alpha value is -2.68. The molecule has 146 valence electrons. The second-order valence-electron chi connectivity index (χ2n) is 5.75. The fraction of sp³-hybridized carbons (Fsp3) is 0.158. The van der Waals surface area contributed by atoms with E-state index in [1.54, 1.807) is 25.1 Å². The highest BCUT2D eigenvalue weighted by atomic mass is 79.9. The van der Waals surface area contributed by atoms with Crippen LogP contribution in [0.15, 0.2) is 47.1 Å². The van der Waals surface area contributed by atoms with Gasteiger partial charge in [0.2, 0.25) is 0 Å². The Balaban J connectivity index is 2.17. The second kappa shape index (κ2) is 7.75. The highest BCUT2D eigenvalue weighted by Crippen LogP contribution is 2.36. The van der Waals surface area contributed by atoms with Crippen molar-refractivity contribution in [2.75, 3.05) is 11.9 Å². The Kier molecular flexibility index (Phi) is 5.55. The van der Waals surface area contributed by atoms with Gasteiger partial charge in [0.25, 0.3) is 0 Å². The van der Waals surface area contributed by atoms with Gasteiger partial charge in [-0.2, -0.15) is 13.2 Å². The summed E-state index contributed by atoms with van der Waals surface area (Å²) in [6, 6.07) is 7.61. The molecule has 0 atom stereocenters. The summed E-state index contributed by atoms with van der Waals surface area (Å²) in [7, 11) is 0. The van der Waals surface area contributed by atoms with Crippen LogP contribution in [0.25, 0.3) is 10.9 Å². The Morgan fingerprint density at radius 2 is 1.96 bits per heavy atom. The lowest BCUT2D eigenvalue weighted by Gasteiger charge is -2.16. The number of aromatic nitrogens is 1. The van der Waals surface area contributed by atoms with Crippen LogP contribution in [0.5, 0.6) is 0 Å². The smallest absolute Gasteiger partial charge is 0.419 e. The number of alkyl halides is 3. The van der Waals surface area contributed by atoms with Gasteiger partial charge in [-0.05, 0) is 43.3 Å². The number of carbonyl (C=O) groups is 1. The number of benzene rings is 2. The van der Waals surface area contributed by atoms with E-state index in [4.69, 9.17) is 4.74 Å². The maximum Gasteiger partial charge on any atom is 0.419 e. The van der Waals surface area contributed by atoms with Crippen LogP contribution in [0.2, 0.25) is 0 Å². The SMILES string of the molecule is CCOC(=O)c1cnc2ccc(Br)cc2c1Nc1ccc(F)c(C(F)(F)F)c1. The molecule has 0 aliphatic rings. The molecule has 0 aliphatic carbocycles. The lowest BCUT2D eigenvalue weighted by molar-refractivity contribution is -0.139. The number of ether oxygens (including phenoxy) is 1. The van der Waals surface area contributed by atoms with Crippen LogP contribution in [0.4, 0.5) is 28.9 Å². The topological polar surface area (TPSA) is 51.2 Å². The number of carbonyl (C=O) groups excluding carboxylic acids is 1. The van der Waals surface area contributed by atoms with Gasteiger partial charge in [-0.25, -0.2) is 9.18 Å². The van der Waals surface area contributed by atoms with Crippen molar-refractivity contribution in [2.24, 2.45) is 0 Å². The first-order valence-corrected chi connectivity index (χ1v) is 8.89. The zero-order valence-corrected chi connectivity index (χ0v) is 16.0. The molecule has 28 heavy (non-hydrogen) atoms. The first-order valence-electron chi connectivity index (χ1n) is 8.10. The summed E-state index contributed by atoms with van der Waals surface area (Å²) in [4.78, 5) is 16.5. The second-order valence-corrected chi connectivity index (χ2v) is 6.66. The Morgan fingerprint density at radius 1 is 1.21 bits per heavy atom. The van der Waals surface area contributed by atoms with Crippen molar-refractivity contribution in [1.29, 1.82) is 0 Å². The van der Waals surface area contributed by atoms with Crippen LogP contribution in [0.3, 0.4) is 0 Å². The van der Waals surface area contributed by atoms with Gasteiger partial charge in [-0.3, -0.25) is 4.98 Å². The minimum atomic E-state index is -4.85. The fourth-order valence-electron chi connectivity index (χ4n) is 2.63. The number of nitrogens with zero attached hydrogens (tertiary/aromatic N) is 1. The molecule has 0 aliphatic heterocycles. The van der Waals surface area contributed by atoms with Crippen molar-refractivity contribution in [3.63, 3.8) is 0 Å². The summed E-state index contributed by atoms with van der Waals surface area (Å²) in [5, 5.41) is 3.28. The number of halogens is 5. The van der Waals surface area contributed by atoms with Crippen molar-refractivity contribution in [1.82, 2.24) is 4.98 Å². The number of rotatable bonds is 4. The molecule has 1 aromatic heterocycles. The number of fused-ring (bicyclic) bond motifs is 1. The zero-order valence-electron chi connectivity index (χ0n) is 14.4. The number of anilines is 2. The zero-order chi connectivity index (χ0) is 20.5. The van der Waals surface area contributed by atoms with Gasteiger partial charge < -0.3 is 10.1 Å². The molecule has 0 saturated carbocycles. The summed E-state index contributed by atoms with van der Waals surface area (Å²) in [5.74, 6) is -2.07. The molecule has 2 aromatic carbocycles. The maximum atomic E-state index is 13.6. The molecule has 0 unspecified atom stereocenters. The molecule has 9 heteroatoms. The summed E-state index contributed by atoms with van der Waals surface area (Å²) in [6.07, 6.45) is -3.57. The van der Waals surface area contributed by atoms with E-state index in [-0.39, 0.29) is 23.5 Å². The number of nitrogens with one attached hydrogen (secondary N) is 1. The van der Waals surface area contributed by atoms with E-state index in [0.29, 0.717) is 27.5 Å². The van der Waals surface area contributed by atoms with Crippen LogP contribution in [-0.4, -0.2) is 17.6 Å². The average Bonchev–Trinajstić information content (AvgIpc) is 2.62. The van der Waals surface area contributed by atoms with E-state index in [1.165, 1.54) is 6.20 Å². The van der Waals surface area contributed by atoms with E-state index in [2.05, 4.69) is 26.2 Å². The van der Waals surface area contributed by atoms with Crippen molar-refractivity contribution < 1.29 is 27.1 Å². The molecule has 0 fully saturated rings.